The second kappa shape index (κ2) is 6.77. The summed E-state index contributed by atoms with van der Waals surface area (Å²) in [7, 11) is 1.64. The van der Waals surface area contributed by atoms with E-state index in [0.717, 1.165) is 41.4 Å². The normalized spacial score (nSPS) is 22.9. The van der Waals surface area contributed by atoms with Crippen molar-refractivity contribution in [3.63, 3.8) is 0 Å². The Morgan fingerprint density at radius 1 is 1.31 bits per heavy atom. The molecule has 1 aliphatic carbocycles. The van der Waals surface area contributed by atoms with Gasteiger partial charge in [0.2, 0.25) is 0 Å². The van der Waals surface area contributed by atoms with Crippen LogP contribution in [0, 0.1) is 0 Å². The average molecular weight is 375 g/mol. The van der Waals surface area contributed by atoms with Gasteiger partial charge in [-0.2, -0.15) is 4.37 Å². The lowest BCUT2D eigenvalue weighted by atomic mass is 10.0. The van der Waals surface area contributed by atoms with Crippen molar-refractivity contribution in [2.24, 2.45) is 0 Å². The molecule has 1 aromatic carbocycles. The zero-order chi connectivity index (χ0) is 18.1. The third kappa shape index (κ3) is 3.22. The Morgan fingerprint density at radius 3 is 2.81 bits per heavy atom. The average Bonchev–Trinajstić information content (AvgIpc) is 3.37. The first kappa shape index (κ1) is 17.1. The van der Waals surface area contributed by atoms with Gasteiger partial charge in [0.15, 0.2) is 22.9 Å². The van der Waals surface area contributed by atoms with Crippen molar-refractivity contribution in [3.8, 4) is 11.5 Å². The van der Waals surface area contributed by atoms with Crippen LogP contribution in [0.1, 0.15) is 44.0 Å². The molecule has 1 aromatic heterocycles. The maximum atomic E-state index is 11.4. The quantitative estimate of drug-likeness (QED) is 0.836. The lowest BCUT2D eigenvalue weighted by molar-refractivity contribution is -0.0301. The van der Waals surface area contributed by atoms with E-state index in [1.54, 1.807) is 7.11 Å². The highest BCUT2D eigenvalue weighted by Crippen LogP contribution is 2.37. The van der Waals surface area contributed by atoms with E-state index in [9.17, 15) is 4.79 Å². The summed E-state index contributed by atoms with van der Waals surface area (Å²) in [5, 5.41) is 0. The maximum absolute atomic E-state index is 11.4. The van der Waals surface area contributed by atoms with E-state index in [1.165, 1.54) is 12.8 Å². The van der Waals surface area contributed by atoms with Gasteiger partial charge < -0.3 is 9.47 Å². The molecule has 1 unspecified atom stereocenters. The summed E-state index contributed by atoms with van der Waals surface area (Å²) in [4.78, 5) is 19.6. The summed E-state index contributed by atoms with van der Waals surface area (Å²) in [5.74, 6) is 1.92. The summed E-state index contributed by atoms with van der Waals surface area (Å²) in [6, 6.07) is 5.79. The zero-order valence-electron chi connectivity index (χ0n) is 14.7. The van der Waals surface area contributed by atoms with Crippen LogP contribution >= 0.6 is 11.5 Å². The molecular formula is C18H21N3O4S. The van der Waals surface area contributed by atoms with E-state index < -0.39 is 5.60 Å². The number of nitrogens with zero attached hydrogens (tertiary/aromatic N) is 1. The molecule has 7 nitrogen and oxygen atoms in total. The fourth-order valence-corrected chi connectivity index (χ4v) is 3.86. The number of aromatic nitrogens is 2. The first-order chi connectivity index (χ1) is 12.6. The summed E-state index contributed by atoms with van der Waals surface area (Å²) in [6.07, 6.45) is 6.71. The van der Waals surface area contributed by atoms with Gasteiger partial charge in [0.25, 0.3) is 0 Å². The van der Waals surface area contributed by atoms with Crippen molar-refractivity contribution in [2.75, 3.05) is 7.11 Å². The molecule has 0 radical (unpaired) electrons. The molecule has 138 valence electrons. The van der Waals surface area contributed by atoms with Crippen LogP contribution in [0.15, 0.2) is 29.1 Å². The van der Waals surface area contributed by atoms with E-state index in [4.69, 9.17) is 14.3 Å². The lowest BCUT2D eigenvalue weighted by Crippen LogP contribution is -2.25. The molecule has 4 rings (SSSR count). The Morgan fingerprint density at radius 2 is 2.12 bits per heavy atom. The molecule has 2 aromatic rings. The number of methoxy groups -OCH3 is 1. The number of benzene rings is 1. The highest BCUT2D eigenvalue weighted by atomic mass is 32.1. The molecule has 2 N–H and O–H groups in total. The zero-order valence-corrected chi connectivity index (χ0v) is 15.5. The van der Waals surface area contributed by atoms with Gasteiger partial charge in [-0.3, -0.25) is 20.1 Å². The SMILES string of the molecule is COc1ccc(C2=CC(C)(c3nsc(=O)[nH]3)ON2)cc1OC1CCCC1. The number of hydrogen-bond donors (Lipinski definition) is 2. The lowest BCUT2D eigenvalue weighted by Gasteiger charge is -2.17. The molecule has 2 heterocycles. The second-order valence-electron chi connectivity index (χ2n) is 6.70. The fraction of sp³-hybridized carbons (Fsp3) is 0.444. The molecular weight excluding hydrogens is 354 g/mol. The molecule has 0 amide bonds. The Balaban J connectivity index is 1.63. The monoisotopic (exact) mass is 375 g/mol. The molecule has 0 spiro atoms. The van der Waals surface area contributed by atoms with Crippen LogP contribution in [0.2, 0.25) is 0 Å². The Kier molecular flexibility index (Phi) is 4.46. The van der Waals surface area contributed by atoms with Crippen LogP contribution in [0.4, 0.5) is 0 Å². The van der Waals surface area contributed by atoms with Crippen molar-refractivity contribution in [1.29, 1.82) is 0 Å². The summed E-state index contributed by atoms with van der Waals surface area (Å²) >= 11 is 0.877. The van der Waals surface area contributed by atoms with Crippen LogP contribution in [0.25, 0.3) is 5.70 Å². The predicted octanol–water partition coefficient (Wildman–Crippen LogP) is 2.95. The molecule has 0 saturated heterocycles. The van der Waals surface area contributed by atoms with Crippen molar-refractivity contribution >= 4 is 17.2 Å². The minimum absolute atomic E-state index is 0.205. The number of aromatic amines is 1. The van der Waals surface area contributed by atoms with Gasteiger partial charge in [-0.05, 0) is 56.9 Å². The first-order valence-electron chi connectivity index (χ1n) is 8.66. The molecule has 1 fully saturated rings. The van der Waals surface area contributed by atoms with E-state index in [0.29, 0.717) is 11.6 Å². The van der Waals surface area contributed by atoms with Crippen LogP contribution < -0.4 is 19.8 Å². The molecule has 26 heavy (non-hydrogen) atoms. The minimum atomic E-state index is -0.832. The molecule has 1 saturated carbocycles. The number of hydrogen-bond acceptors (Lipinski definition) is 7. The fourth-order valence-electron chi connectivity index (χ4n) is 3.32. The maximum Gasteiger partial charge on any atom is 0.323 e. The largest absolute Gasteiger partial charge is 0.493 e. The number of rotatable bonds is 5. The Bertz CT molecular complexity index is 885. The van der Waals surface area contributed by atoms with E-state index in [1.807, 2.05) is 31.2 Å². The molecule has 8 heteroatoms. The summed E-state index contributed by atoms with van der Waals surface area (Å²) < 4.78 is 15.7. The number of hydroxylamine groups is 1. The van der Waals surface area contributed by atoms with Crippen molar-refractivity contribution in [3.05, 3.63) is 45.3 Å². The van der Waals surface area contributed by atoms with Crippen molar-refractivity contribution < 1.29 is 14.3 Å². The molecule has 1 atom stereocenters. The summed E-state index contributed by atoms with van der Waals surface area (Å²) in [5.41, 5.74) is 3.81. The van der Waals surface area contributed by atoms with Gasteiger partial charge >= 0.3 is 4.87 Å². The van der Waals surface area contributed by atoms with Crippen molar-refractivity contribution in [1.82, 2.24) is 14.8 Å². The molecule has 2 aliphatic rings. The van der Waals surface area contributed by atoms with Crippen LogP contribution in [-0.4, -0.2) is 22.6 Å². The minimum Gasteiger partial charge on any atom is -0.493 e. The van der Waals surface area contributed by atoms with Crippen LogP contribution in [0.5, 0.6) is 11.5 Å². The van der Waals surface area contributed by atoms with Gasteiger partial charge in [-0.1, -0.05) is 0 Å². The number of H-pyrrole nitrogens is 1. The van der Waals surface area contributed by atoms with Gasteiger partial charge in [-0.25, -0.2) is 0 Å². The third-order valence-electron chi connectivity index (χ3n) is 4.77. The van der Waals surface area contributed by atoms with Crippen molar-refractivity contribution in [2.45, 2.75) is 44.3 Å². The number of ether oxygens (including phenoxy) is 2. The van der Waals surface area contributed by atoms with E-state index >= 15 is 0 Å². The highest BCUT2D eigenvalue weighted by Gasteiger charge is 2.36. The Labute approximate surface area is 155 Å². The van der Waals surface area contributed by atoms with Gasteiger partial charge in [0.1, 0.15) is 0 Å². The van der Waals surface area contributed by atoms with E-state index in [2.05, 4.69) is 14.8 Å². The second-order valence-corrected chi connectivity index (χ2v) is 7.44. The topological polar surface area (TPSA) is 85.5 Å². The van der Waals surface area contributed by atoms with Crippen LogP contribution in [-0.2, 0) is 10.4 Å². The smallest absolute Gasteiger partial charge is 0.323 e. The number of nitrogens with one attached hydrogen (secondary N) is 2. The Hall–Kier alpha value is -2.32. The van der Waals surface area contributed by atoms with Crippen LogP contribution in [0.3, 0.4) is 0 Å². The predicted molar refractivity (Wildman–Crippen MR) is 98.2 cm³/mol. The van der Waals surface area contributed by atoms with Gasteiger partial charge in [0.05, 0.1) is 18.9 Å². The first-order valence-corrected chi connectivity index (χ1v) is 9.43. The molecule has 0 bridgehead atoms. The highest BCUT2D eigenvalue weighted by molar-refractivity contribution is 7.02. The summed E-state index contributed by atoms with van der Waals surface area (Å²) in [6.45, 7) is 1.84. The standard InChI is InChI=1S/C18H21N3O4S/c1-18(16-19-17(22)26-21-16)10-13(20-25-18)11-7-8-14(23-2)15(9-11)24-12-5-3-4-6-12/h7-10,12,20H,3-6H2,1-2H3,(H,19,21,22). The molecule has 1 aliphatic heterocycles. The third-order valence-corrected chi connectivity index (χ3v) is 5.32. The van der Waals surface area contributed by atoms with Gasteiger partial charge in [-0.15, -0.1) is 0 Å². The van der Waals surface area contributed by atoms with Gasteiger partial charge in [0, 0.05) is 17.1 Å². The van der Waals surface area contributed by atoms with E-state index in [-0.39, 0.29) is 11.0 Å².